The van der Waals surface area contributed by atoms with E-state index >= 15 is 0 Å². The lowest BCUT2D eigenvalue weighted by atomic mass is 10.2. The lowest BCUT2D eigenvalue weighted by molar-refractivity contribution is -0.136. The molecule has 0 fully saturated rings. The maximum Gasteiger partial charge on any atom is 0.334 e. The summed E-state index contributed by atoms with van der Waals surface area (Å²) >= 11 is 3.05. The summed E-state index contributed by atoms with van der Waals surface area (Å²) in [6.45, 7) is 3.50. The van der Waals surface area contributed by atoms with Crippen LogP contribution in [0.1, 0.15) is 6.42 Å². The van der Waals surface area contributed by atoms with Crippen molar-refractivity contribution in [2.24, 2.45) is 0 Å². The van der Waals surface area contributed by atoms with Crippen LogP contribution >= 0.6 is 15.9 Å². The minimum Gasteiger partial charge on any atom is -0.466 e. The van der Waals surface area contributed by atoms with Crippen LogP contribution in [0.5, 0.6) is 0 Å². The van der Waals surface area contributed by atoms with E-state index in [1.54, 1.807) is 11.1 Å². The molecule has 0 aliphatic carbocycles. The third kappa shape index (κ3) is 2.82. The molecule has 0 atom stereocenters. The van der Waals surface area contributed by atoms with Gasteiger partial charge in [0, 0.05) is 5.57 Å². The van der Waals surface area contributed by atoms with E-state index in [1.165, 1.54) is 7.11 Å². The maximum absolute atomic E-state index is 10.8. The number of hydrogen-bond acceptors (Lipinski definition) is 2. The summed E-state index contributed by atoms with van der Waals surface area (Å²) < 4.78 is 4.47. The van der Waals surface area contributed by atoms with Crippen molar-refractivity contribution in [2.75, 3.05) is 7.11 Å². The number of carbonyl (C=O) groups is 1. The molecular formula is C7H9BrO2. The van der Waals surface area contributed by atoms with Gasteiger partial charge in [0.15, 0.2) is 0 Å². The van der Waals surface area contributed by atoms with Gasteiger partial charge in [-0.25, -0.2) is 4.79 Å². The molecule has 3 heteroatoms. The second-order valence-corrected chi connectivity index (χ2v) is 2.08. The fourth-order valence-electron chi connectivity index (χ4n) is 0.459. The number of carbonyl (C=O) groups excluding carboxylic acids is 1. The van der Waals surface area contributed by atoms with Crippen LogP contribution < -0.4 is 0 Å². The van der Waals surface area contributed by atoms with Gasteiger partial charge in [-0.1, -0.05) is 22.0 Å². The third-order valence-corrected chi connectivity index (χ3v) is 1.50. The number of methoxy groups -OCH3 is 1. The molecule has 2 nitrogen and oxygen atoms in total. The van der Waals surface area contributed by atoms with E-state index in [1.807, 2.05) is 0 Å². The van der Waals surface area contributed by atoms with Crippen LogP contribution in [-0.4, -0.2) is 13.1 Å². The van der Waals surface area contributed by atoms with Gasteiger partial charge in [-0.05, 0) is 11.4 Å². The molecule has 0 radical (unpaired) electrons. The minimum atomic E-state index is -0.322. The van der Waals surface area contributed by atoms with E-state index in [0.717, 1.165) is 0 Å². The number of allylic oxidation sites excluding steroid dienone is 1. The Hall–Kier alpha value is -0.570. The highest BCUT2D eigenvalue weighted by Crippen LogP contribution is 2.06. The summed E-state index contributed by atoms with van der Waals surface area (Å²) in [5.41, 5.74) is 0.567. The largest absolute Gasteiger partial charge is 0.466 e. The topological polar surface area (TPSA) is 26.3 Å². The Kier molecular flexibility index (Phi) is 4.94. The van der Waals surface area contributed by atoms with Gasteiger partial charge in [0.2, 0.25) is 0 Å². The van der Waals surface area contributed by atoms with Crippen molar-refractivity contribution in [1.29, 1.82) is 0 Å². The number of rotatable bonds is 3. The molecule has 56 valence electrons. The molecule has 0 spiro atoms. The fourth-order valence-corrected chi connectivity index (χ4v) is 0.833. The van der Waals surface area contributed by atoms with Crippen molar-refractivity contribution in [1.82, 2.24) is 0 Å². The van der Waals surface area contributed by atoms with Gasteiger partial charge in [0.25, 0.3) is 0 Å². The second kappa shape index (κ2) is 5.23. The lowest BCUT2D eigenvalue weighted by Crippen LogP contribution is -2.02. The van der Waals surface area contributed by atoms with Crippen LogP contribution in [0.25, 0.3) is 0 Å². The maximum atomic E-state index is 10.8. The molecule has 0 rings (SSSR count). The molecule has 0 aromatic carbocycles. The molecule has 10 heavy (non-hydrogen) atoms. The van der Waals surface area contributed by atoms with E-state index in [4.69, 9.17) is 0 Å². The van der Waals surface area contributed by atoms with Crippen molar-refractivity contribution in [3.63, 3.8) is 0 Å². The summed E-state index contributed by atoms with van der Waals surface area (Å²) in [4.78, 5) is 12.3. The van der Waals surface area contributed by atoms with Crippen LogP contribution in [0.15, 0.2) is 23.2 Å². The molecule has 0 amide bonds. The van der Waals surface area contributed by atoms with Crippen LogP contribution in [0.3, 0.4) is 0 Å². The molecule has 0 saturated heterocycles. The zero-order valence-electron chi connectivity index (χ0n) is 5.76. The minimum absolute atomic E-state index is 0.322. The molecule has 0 bridgehead atoms. The second-order valence-electron chi connectivity index (χ2n) is 1.62. The van der Waals surface area contributed by atoms with Gasteiger partial charge in [-0.2, -0.15) is 0 Å². The molecule has 0 saturated carbocycles. The molecule has 0 aromatic rings. The Morgan fingerprint density at radius 3 is 2.70 bits per heavy atom. The SMILES string of the molecule is C=CC/C(=C\Br)C(=O)OC. The highest BCUT2D eigenvalue weighted by molar-refractivity contribution is 9.11. The van der Waals surface area contributed by atoms with Gasteiger partial charge in [0.05, 0.1) is 7.11 Å². The summed E-state index contributed by atoms with van der Waals surface area (Å²) in [6.07, 6.45) is 2.17. The first-order chi connectivity index (χ1) is 4.76. The molecule has 0 aliphatic heterocycles. The smallest absolute Gasteiger partial charge is 0.334 e. The Morgan fingerprint density at radius 2 is 2.40 bits per heavy atom. The van der Waals surface area contributed by atoms with Crippen LogP contribution in [0.4, 0.5) is 0 Å². The average Bonchev–Trinajstić information content (AvgIpc) is 1.99. The highest BCUT2D eigenvalue weighted by Gasteiger charge is 2.04. The van der Waals surface area contributed by atoms with Gasteiger partial charge >= 0.3 is 5.97 Å². The first-order valence-electron chi connectivity index (χ1n) is 2.74. The van der Waals surface area contributed by atoms with Crippen LogP contribution in [0.2, 0.25) is 0 Å². The Bertz CT molecular complexity index is 161. The first-order valence-corrected chi connectivity index (χ1v) is 3.66. The summed E-state index contributed by atoms with van der Waals surface area (Å²) in [6, 6.07) is 0. The summed E-state index contributed by atoms with van der Waals surface area (Å²) in [5, 5.41) is 0. The summed E-state index contributed by atoms with van der Waals surface area (Å²) in [5.74, 6) is -0.322. The van der Waals surface area contributed by atoms with Crippen molar-refractivity contribution >= 4 is 21.9 Å². The van der Waals surface area contributed by atoms with Gasteiger partial charge in [-0.3, -0.25) is 0 Å². The summed E-state index contributed by atoms with van der Waals surface area (Å²) in [7, 11) is 1.35. The Balaban J connectivity index is 4.08. The highest BCUT2D eigenvalue weighted by atomic mass is 79.9. The van der Waals surface area contributed by atoms with Gasteiger partial charge < -0.3 is 4.74 Å². The number of halogens is 1. The van der Waals surface area contributed by atoms with Crippen molar-refractivity contribution < 1.29 is 9.53 Å². The van der Waals surface area contributed by atoms with Crippen LogP contribution in [-0.2, 0) is 9.53 Å². The van der Waals surface area contributed by atoms with Gasteiger partial charge in [0.1, 0.15) is 0 Å². The first kappa shape index (κ1) is 9.43. The van der Waals surface area contributed by atoms with Crippen molar-refractivity contribution in [2.45, 2.75) is 6.42 Å². The number of esters is 1. The van der Waals surface area contributed by atoms with Crippen LogP contribution in [0, 0.1) is 0 Å². The molecular weight excluding hydrogens is 196 g/mol. The average molecular weight is 205 g/mol. The normalized spacial score (nSPS) is 10.8. The molecule has 0 aromatic heterocycles. The van der Waals surface area contributed by atoms with Crippen molar-refractivity contribution in [3.8, 4) is 0 Å². The molecule has 0 N–H and O–H groups in total. The van der Waals surface area contributed by atoms with E-state index in [-0.39, 0.29) is 5.97 Å². The monoisotopic (exact) mass is 204 g/mol. The lowest BCUT2D eigenvalue weighted by Gasteiger charge is -1.98. The zero-order valence-corrected chi connectivity index (χ0v) is 7.35. The molecule has 0 heterocycles. The molecule has 0 unspecified atom stereocenters. The predicted molar refractivity (Wildman–Crippen MR) is 43.8 cm³/mol. The van der Waals surface area contributed by atoms with E-state index in [0.29, 0.717) is 12.0 Å². The quantitative estimate of drug-likeness (QED) is 0.400. The predicted octanol–water partition coefficient (Wildman–Crippen LogP) is 2.01. The Morgan fingerprint density at radius 1 is 1.80 bits per heavy atom. The van der Waals surface area contributed by atoms with Crippen molar-refractivity contribution in [3.05, 3.63) is 23.2 Å². The zero-order chi connectivity index (χ0) is 7.98. The fraction of sp³-hybridized carbons (Fsp3) is 0.286. The third-order valence-electron chi connectivity index (χ3n) is 0.944. The van der Waals surface area contributed by atoms with E-state index < -0.39 is 0 Å². The number of hydrogen-bond donors (Lipinski definition) is 0. The van der Waals surface area contributed by atoms with Gasteiger partial charge in [-0.15, -0.1) is 6.58 Å². The standard InChI is InChI=1S/C7H9BrO2/c1-3-4-6(5-8)7(9)10-2/h3,5H,1,4H2,2H3/b6-5+. The molecule has 0 aliphatic rings. The number of ether oxygens (including phenoxy) is 1. The Labute approximate surface area is 68.7 Å². The van der Waals surface area contributed by atoms with E-state index in [9.17, 15) is 4.79 Å². The van der Waals surface area contributed by atoms with E-state index in [2.05, 4.69) is 27.2 Å².